The van der Waals surface area contributed by atoms with Crippen molar-refractivity contribution in [3.8, 4) is 0 Å². The van der Waals surface area contributed by atoms with Crippen LogP contribution in [0.4, 0.5) is 0 Å². The van der Waals surface area contributed by atoms with Crippen molar-refractivity contribution in [3.05, 3.63) is 17.0 Å². The highest BCUT2D eigenvalue weighted by Crippen LogP contribution is 2.21. The van der Waals surface area contributed by atoms with Gasteiger partial charge in [0.05, 0.1) is 0 Å². The van der Waals surface area contributed by atoms with Crippen LogP contribution in [0.5, 0.6) is 0 Å². The molecule has 116 valence electrons. The lowest BCUT2D eigenvalue weighted by Gasteiger charge is -2.19. The maximum Gasteiger partial charge on any atom is 0.250 e. The molecule has 0 spiro atoms. The molecule has 0 aliphatic carbocycles. The van der Waals surface area contributed by atoms with E-state index in [0.29, 0.717) is 17.3 Å². The number of sulfonamides is 1. The van der Waals surface area contributed by atoms with Gasteiger partial charge in [-0.05, 0) is 38.7 Å². The summed E-state index contributed by atoms with van der Waals surface area (Å²) in [5.74, 6) is 0. The quantitative estimate of drug-likeness (QED) is 0.686. The second-order valence-electron chi connectivity index (χ2n) is 4.58. The summed E-state index contributed by atoms with van der Waals surface area (Å²) in [4.78, 5) is 3.26. The number of hydrogen-bond acceptors (Lipinski definition) is 5. The predicted octanol–water partition coefficient (Wildman–Crippen LogP) is 1.48. The van der Waals surface area contributed by atoms with Crippen LogP contribution in [0, 0.1) is 0 Å². The van der Waals surface area contributed by atoms with E-state index < -0.39 is 10.0 Å². The molecule has 2 N–H and O–H groups in total. The van der Waals surface area contributed by atoms with Crippen LogP contribution in [0.2, 0.25) is 0 Å². The number of rotatable bonds is 10. The van der Waals surface area contributed by atoms with Crippen LogP contribution in [0.25, 0.3) is 0 Å². The van der Waals surface area contributed by atoms with E-state index in [1.807, 2.05) is 13.1 Å². The van der Waals surface area contributed by atoms with Crippen molar-refractivity contribution < 1.29 is 8.42 Å². The Morgan fingerprint density at radius 1 is 1.25 bits per heavy atom. The Balaban J connectivity index is 2.52. The molecule has 1 heterocycles. The van der Waals surface area contributed by atoms with Crippen LogP contribution in [0.3, 0.4) is 0 Å². The summed E-state index contributed by atoms with van der Waals surface area (Å²) in [5, 5.41) is 3.02. The fraction of sp³-hybridized carbons (Fsp3) is 0.692. The molecular formula is C13H25N3O2S2. The Labute approximate surface area is 126 Å². The molecule has 0 amide bonds. The highest BCUT2D eigenvalue weighted by molar-refractivity contribution is 7.91. The van der Waals surface area contributed by atoms with Gasteiger partial charge in [-0.15, -0.1) is 11.3 Å². The fourth-order valence-electron chi connectivity index (χ4n) is 1.93. The number of nitrogens with one attached hydrogen (secondary N) is 2. The smallest absolute Gasteiger partial charge is 0.250 e. The number of nitrogens with zero attached hydrogens (tertiary/aromatic N) is 1. The van der Waals surface area contributed by atoms with E-state index >= 15 is 0 Å². The van der Waals surface area contributed by atoms with E-state index in [0.717, 1.165) is 30.9 Å². The Hall–Kier alpha value is -0.470. The van der Waals surface area contributed by atoms with Gasteiger partial charge >= 0.3 is 0 Å². The standard InChI is InChI=1S/C13H25N3O2S2/c1-4-9-16(5-2)10-8-15-20(17,18)13-7-6-12(19-13)11-14-3/h6-7,14-15H,4-5,8-11H2,1-3H3. The van der Waals surface area contributed by atoms with Gasteiger partial charge in [0.15, 0.2) is 0 Å². The first-order valence-corrected chi connectivity index (χ1v) is 9.28. The van der Waals surface area contributed by atoms with E-state index in [-0.39, 0.29) is 0 Å². The van der Waals surface area contributed by atoms with E-state index in [2.05, 4.69) is 28.8 Å². The molecule has 0 fully saturated rings. The summed E-state index contributed by atoms with van der Waals surface area (Å²) >= 11 is 1.31. The van der Waals surface area contributed by atoms with Crippen LogP contribution in [-0.2, 0) is 16.6 Å². The average molecular weight is 319 g/mol. The first kappa shape index (κ1) is 17.6. The van der Waals surface area contributed by atoms with Gasteiger partial charge in [-0.1, -0.05) is 13.8 Å². The van der Waals surface area contributed by atoms with E-state index in [4.69, 9.17) is 0 Å². The summed E-state index contributed by atoms with van der Waals surface area (Å²) in [7, 11) is -1.52. The number of likely N-dealkylation sites (N-methyl/N-ethyl adjacent to an activating group) is 1. The molecule has 0 aliphatic rings. The average Bonchev–Trinajstić information content (AvgIpc) is 2.87. The maximum atomic E-state index is 12.1. The van der Waals surface area contributed by atoms with Crippen molar-refractivity contribution in [1.82, 2.24) is 14.9 Å². The van der Waals surface area contributed by atoms with Gasteiger partial charge in [-0.3, -0.25) is 0 Å². The molecule has 0 saturated carbocycles. The molecule has 0 saturated heterocycles. The zero-order valence-electron chi connectivity index (χ0n) is 12.5. The van der Waals surface area contributed by atoms with Crippen molar-refractivity contribution in [2.45, 2.75) is 31.0 Å². The van der Waals surface area contributed by atoms with Crippen LogP contribution in [-0.4, -0.2) is 46.5 Å². The van der Waals surface area contributed by atoms with Crippen molar-refractivity contribution in [2.24, 2.45) is 0 Å². The fourth-order valence-corrected chi connectivity index (χ4v) is 4.36. The van der Waals surface area contributed by atoms with Crippen LogP contribution >= 0.6 is 11.3 Å². The van der Waals surface area contributed by atoms with Crippen molar-refractivity contribution in [2.75, 3.05) is 33.2 Å². The molecular weight excluding hydrogens is 294 g/mol. The number of hydrogen-bond donors (Lipinski definition) is 2. The minimum absolute atomic E-state index is 0.390. The largest absolute Gasteiger partial charge is 0.315 e. The van der Waals surface area contributed by atoms with Crippen molar-refractivity contribution in [3.63, 3.8) is 0 Å². The minimum Gasteiger partial charge on any atom is -0.315 e. The van der Waals surface area contributed by atoms with Crippen LogP contribution in [0.1, 0.15) is 25.1 Å². The Bertz CT molecular complexity index is 486. The molecule has 0 bridgehead atoms. The Morgan fingerprint density at radius 2 is 2.00 bits per heavy atom. The van der Waals surface area contributed by atoms with Gasteiger partial charge in [0.25, 0.3) is 0 Å². The normalized spacial score (nSPS) is 12.2. The highest BCUT2D eigenvalue weighted by atomic mass is 32.2. The third kappa shape index (κ3) is 5.49. The molecule has 5 nitrogen and oxygen atoms in total. The first-order valence-electron chi connectivity index (χ1n) is 6.98. The third-order valence-electron chi connectivity index (χ3n) is 2.96. The SMILES string of the molecule is CCCN(CC)CCNS(=O)(=O)c1ccc(CNC)s1. The van der Waals surface area contributed by atoms with Crippen molar-refractivity contribution >= 4 is 21.4 Å². The molecule has 0 aliphatic heterocycles. The van der Waals surface area contributed by atoms with Gasteiger partial charge in [0, 0.05) is 24.5 Å². The molecule has 20 heavy (non-hydrogen) atoms. The monoisotopic (exact) mass is 319 g/mol. The second kappa shape index (κ2) is 8.74. The van der Waals surface area contributed by atoms with Gasteiger partial charge in [0.1, 0.15) is 4.21 Å². The lowest BCUT2D eigenvalue weighted by Crippen LogP contribution is -2.35. The third-order valence-corrected chi connectivity index (χ3v) is 6.00. The highest BCUT2D eigenvalue weighted by Gasteiger charge is 2.16. The van der Waals surface area contributed by atoms with Gasteiger partial charge in [-0.2, -0.15) is 0 Å². The van der Waals surface area contributed by atoms with E-state index in [1.165, 1.54) is 11.3 Å². The summed E-state index contributed by atoms with van der Waals surface area (Å²) in [6.07, 6.45) is 1.08. The molecule has 7 heteroatoms. The minimum atomic E-state index is -3.36. The summed E-state index contributed by atoms with van der Waals surface area (Å²) < 4.78 is 27.3. The second-order valence-corrected chi connectivity index (χ2v) is 7.75. The summed E-state index contributed by atoms with van der Waals surface area (Å²) in [6, 6.07) is 3.52. The zero-order chi connectivity index (χ0) is 15.0. The predicted molar refractivity (Wildman–Crippen MR) is 84.7 cm³/mol. The first-order chi connectivity index (χ1) is 9.53. The Kier molecular flexibility index (Phi) is 7.68. The molecule has 1 rings (SSSR count). The Morgan fingerprint density at radius 3 is 2.60 bits per heavy atom. The molecule has 0 atom stereocenters. The van der Waals surface area contributed by atoms with Gasteiger partial charge in [0.2, 0.25) is 10.0 Å². The lowest BCUT2D eigenvalue weighted by molar-refractivity contribution is 0.293. The van der Waals surface area contributed by atoms with Gasteiger partial charge in [-0.25, -0.2) is 13.1 Å². The summed E-state index contributed by atoms with van der Waals surface area (Å²) in [6.45, 7) is 8.06. The summed E-state index contributed by atoms with van der Waals surface area (Å²) in [5.41, 5.74) is 0. The molecule has 0 aromatic carbocycles. The van der Waals surface area contributed by atoms with E-state index in [9.17, 15) is 8.42 Å². The molecule has 0 radical (unpaired) electrons. The topological polar surface area (TPSA) is 61.4 Å². The number of thiophene rings is 1. The van der Waals surface area contributed by atoms with E-state index in [1.54, 1.807) is 6.07 Å². The zero-order valence-corrected chi connectivity index (χ0v) is 14.1. The molecule has 1 aromatic rings. The van der Waals surface area contributed by atoms with Crippen molar-refractivity contribution in [1.29, 1.82) is 0 Å². The van der Waals surface area contributed by atoms with Crippen LogP contribution in [0.15, 0.2) is 16.3 Å². The maximum absolute atomic E-state index is 12.1. The molecule has 1 aromatic heterocycles. The van der Waals surface area contributed by atoms with Gasteiger partial charge < -0.3 is 10.2 Å². The molecule has 0 unspecified atom stereocenters. The van der Waals surface area contributed by atoms with Crippen LogP contribution < -0.4 is 10.0 Å². The lowest BCUT2D eigenvalue weighted by atomic mass is 10.4.